The first-order valence-electron chi connectivity index (χ1n) is 7.42. The molecule has 5 nitrogen and oxygen atoms in total. The zero-order chi connectivity index (χ0) is 15.9. The number of hydrogen-bond donors (Lipinski definition) is 1. The monoisotopic (exact) mass is 294 g/mol. The van der Waals surface area contributed by atoms with Crippen LogP contribution in [0, 0.1) is 6.92 Å². The lowest BCUT2D eigenvalue weighted by atomic mass is 9.99. The van der Waals surface area contributed by atoms with E-state index < -0.39 is 5.60 Å². The van der Waals surface area contributed by atoms with E-state index >= 15 is 0 Å². The molecule has 118 valence electrons. The molecule has 1 rings (SSSR count). The Morgan fingerprint density at radius 3 is 2.62 bits per heavy atom. The van der Waals surface area contributed by atoms with E-state index in [9.17, 15) is 4.79 Å². The van der Waals surface area contributed by atoms with Gasteiger partial charge in [0, 0.05) is 12.2 Å². The Morgan fingerprint density at radius 2 is 2.10 bits per heavy atom. The first-order chi connectivity index (χ1) is 9.96. The van der Waals surface area contributed by atoms with Crippen LogP contribution in [0.15, 0.2) is 12.3 Å². The summed E-state index contributed by atoms with van der Waals surface area (Å²) in [4.78, 5) is 16.7. The second-order valence-corrected chi connectivity index (χ2v) is 5.33. The van der Waals surface area contributed by atoms with Crippen LogP contribution in [0.4, 0.5) is 5.69 Å². The Bertz CT molecular complexity index is 477. The highest BCUT2D eigenvalue weighted by molar-refractivity contribution is 5.97. The molecule has 0 bridgehead atoms. The van der Waals surface area contributed by atoms with Crippen molar-refractivity contribution in [1.82, 2.24) is 4.98 Å². The van der Waals surface area contributed by atoms with E-state index in [1.165, 1.54) is 0 Å². The summed E-state index contributed by atoms with van der Waals surface area (Å²) in [6, 6.07) is 1.84. The molecular formula is C16H26N2O3. The van der Waals surface area contributed by atoms with Crippen molar-refractivity contribution in [3.8, 4) is 5.88 Å². The number of ether oxygens (including phenoxy) is 2. The van der Waals surface area contributed by atoms with Gasteiger partial charge >= 0.3 is 0 Å². The van der Waals surface area contributed by atoms with E-state index in [-0.39, 0.29) is 5.91 Å². The molecule has 1 aromatic rings. The molecule has 1 aromatic heterocycles. The van der Waals surface area contributed by atoms with Gasteiger partial charge < -0.3 is 14.8 Å². The molecule has 1 N–H and O–H groups in total. The molecule has 0 saturated carbocycles. The van der Waals surface area contributed by atoms with Crippen LogP contribution in [0.25, 0.3) is 0 Å². The molecule has 1 amide bonds. The SMILES string of the molecule is CCCOC(C)(CCC)C(=O)Nc1cnc(OC)c(C)c1. The average Bonchev–Trinajstić information content (AvgIpc) is 2.45. The van der Waals surface area contributed by atoms with Gasteiger partial charge in [-0.05, 0) is 32.8 Å². The predicted octanol–water partition coefficient (Wildman–Crippen LogP) is 3.32. The highest BCUT2D eigenvalue weighted by atomic mass is 16.5. The highest BCUT2D eigenvalue weighted by Gasteiger charge is 2.33. The first kappa shape index (κ1) is 17.4. The van der Waals surface area contributed by atoms with E-state index in [0.717, 1.165) is 18.4 Å². The number of hydrogen-bond acceptors (Lipinski definition) is 4. The lowest BCUT2D eigenvalue weighted by Crippen LogP contribution is -2.43. The van der Waals surface area contributed by atoms with Crippen molar-refractivity contribution < 1.29 is 14.3 Å². The maximum absolute atomic E-state index is 12.5. The standard InChI is InChI=1S/C16H26N2O3/c1-6-8-16(4,21-9-7-2)15(19)18-13-10-12(3)14(20-5)17-11-13/h10-11H,6-9H2,1-5H3,(H,18,19). The number of aromatic nitrogens is 1. The predicted molar refractivity (Wildman–Crippen MR) is 83.7 cm³/mol. The van der Waals surface area contributed by atoms with Crippen molar-refractivity contribution in [3.63, 3.8) is 0 Å². The summed E-state index contributed by atoms with van der Waals surface area (Å²) in [5, 5.41) is 2.89. The van der Waals surface area contributed by atoms with E-state index in [2.05, 4.69) is 10.3 Å². The molecule has 0 aliphatic carbocycles. The summed E-state index contributed by atoms with van der Waals surface area (Å²) in [5.41, 5.74) is 0.723. The van der Waals surface area contributed by atoms with Gasteiger partial charge in [-0.15, -0.1) is 0 Å². The average molecular weight is 294 g/mol. The minimum atomic E-state index is -0.807. The van der Waals surface area contributed by atoms with Crippen LogP contribution < -0.4 is 10.1 Å². The van der Waals surface area contributed by atoms with Crippen LogP contribution in [0.3, 0.4) is 0 Å². The third kappa shape index (κ3) is 4.70. The van der Waals surface area contributed by atoms with Crippen LogP contribution in [0.5, 0.6) is 5.88 Å². The fraction of sp³-hybridized carbons (Fsp3) is 0.625. The lowest BCUT2D eigenvalue weighted by Gasteiger charge is -2.28. The number of pyridine rings is 1. The Kier molecular flexibility index (Phi) is 6.62. The third-order valence-corrected chi connectivity index (χ3v) is 3.31. The second-order valence-electron chi connectivity index (χ2n) is 5.33. The minimum Gasteiger partial charge on any atom is -0.481 e. The largest absolute Gasteiger partial charge is 0.481 e. The lowest BCUT2D eigenvalue weighted by molar-refractivity contribution is -0.140. The Balaban J connectivity index is 2.83. The summed E-state index contributed by atoms with van der Waals surface area (Å²) in [6.07, 6.45) is 4.04. The molecule has 21 heavy (non-hydrogen) atoms. The van der Waals surface area contributed by atoms with Crippen molar-refractivity contribution in [1.29, 1.82) is 0 Å². The molecule has 1 heterocycles. The van der Waals surface area contributed by atoms with E-state index in [1.54, 1.807) is 13.3 Å². The van der Waals surface area contributed by atoms with Gasteiger partial charge in [0.15, 0.2) is 0 Å². The fourth-order valence-corrected chi connectivity index (χ4v) is 2.16. The highest BCUT2D eigenvalue weighted by Crippen LogP contribution is 2.23. The number of carbonyl (C=O) groups is 1. The molecule has 0 saturated heterocycles. The second kappa shape index (κ2) is 7.98. The quantitative estimate of drug-likeness (QED) is 0.799. The van der Waals surface area contributed by atoms with Gasteiger partial charge in [-0.1, -0.05) is 20.3 Å². The number of rotatable bonds is 8. The number of methoxy groups -OCH3 is 1. The fourth-order valence-electron chi connectivity index (χ4n) is 2.16. The number of nitrogens with one attached hydrogen (secondary N) is 1. The summed E-state index contributed by atoms with van der Waals surface area (Å²) in [6.45, 7) is 8.37. The van der Waals surface area contributed by atoms with E-state index in [4.69, 9.17) is 9.47 Å². The molecule has 0 spiro atoms. The molecule has 0 radical (unpaired) electrons. The van der Waals surface area contributed by atoms with Crippen molar-refractivity contribution in [3.05, 3.63) is 17.8 Å². The zero-order valence-corrected chi connectivity index (χ0v) is 13.7. The Hall–Kier alpha value is -1.62. The molecule has 1 unspecified atom stereocenters. The molecule has 5 heteroatoms. The Labute approximate surface area is 127 Å². The van der Waals surface area contributed by atoms with Crippen molar-refractivity contribution in [2.75, 3.05) is 19.0 Å². The van der Waals surface area contributed by atoms with Crippen LogP contribution in [0.2, 0.25) is 0 Å². The maximum Gasteiger partial charge on any atom is 0.256 e. The smallest absolute Gasteiger partial charge is 0.256 e. The van der Waals surface area contributed by atoms with Gasteiger partial charge in [0.2, 0.25) is 5.88 Å². The molecule has 0 fully saturated rings. The van der Waals surface area contributed by atoms with Crippen molar-refractivity contribution in [2.45, 2.75) is 52.6 Å². The van der Waals surface area contributed by atoms with E-state index in [0.29, 0.717) is 24.6 Å². The number of amides is 1. The minimum absolute atomic E-state index is 0.135. The van der Waals surface area contributed by atoms with Gasteiger partial charge in [-0.3, -0.25) is 4.79 Å². The van der Waals surface area contributed by atoms with Gasteiger partial charge in [0.1, 0.15) is 5.60 Å². The summed E-state index contributed by atoms with van der Waals surface area (Å²) in [5.74, 6) is 0.427. The van der Waals surface area contributed by atoms with Crippen molar-refractivity contribution in [2.24, 2.45) is 0 Å². The first-order valence-corrected chi connectivity index (χ1v) is 7.42. The molecule has 0 aliphatic rings. The summed E-state index contributed by atoms with van der Waals surface area (Å²) in [7, 11) is 1.57. The van der Waals surface area contributed by atoms with Crippen LogP contribution >= 0.6 is 0 Å². The van der Waals surface area contributed by atoms with Gasteiger partial charge in [0.25, 0.3) is 5.91 Å². The maximum atomic E-state index is 12.5. The topological polar surface area (TPSA) is 60.5 Å². The molecule has 0 aromatic carbocycles. The van der Waals surface area contributed by atoms with E-state index in [1.807, 2.05) is 33.8 Å². The van der Waals surface area contributed by atoms with Gasteiger partial charge in [0.05, 0.1) is 19.0 Å². The van der Waals surface area contributed by atoms with Crippen LogP contribution in [0.1, 0.15) is 45.6 Å². The van der Waals surface area contributed by atoms with Gasteiger partial charge in [-0.2, -0.15) is 0 Å². The van der Waals surface area contributed by atoms with Crippen molar-refractivity contribution >= 4 is 11.6 Å². The number of nitrogens with zero attached hydrogens (tertiary/aromatic N) is 1. The molecule has 1 atom stereocenters. The zero-order valence-electron chi connectivity index (χ0n) is 13.7. The molecular weight excluding hydrogens is 268 g/mol. The Morgan fingerprint density at radius 1 is 1.38 bits per heavy atom. The van der Waals surface area contributed by atoms with Crippen LogP contribution in [-0.4, -0.2) is 30.2 Å². The number of aryl methyl sites for hydroxylation is 1. The number of carbonyl (C=O) groups excluding carboxylic acids is 1. The third-order valence-electron chi connectivity index (χ3n) is 3.31. The summed E-state index contributed by atoms with van der Waals surface area (Å²) >= 11 is 0. The normalized spacial score (nSPS) is 13.6. The van der Waals surface area contributed by atoms with Gasteiger partial charge in [-0.25, -0.2) is 4.98 Å². The number of anilines is 1. The molecule has 0 aliphatic heterocycles. The van der Waals surface area contributed by atoms with Crippen LogP contribution in [-0.2, 0) is 9.53 Å². The summed E-state index contributed by atoms with van der Waals surface area (Å²) < 4.78 is 10.9.